The van der Waals surface area contributed by atoms with Crippen LogP contribution in [-0.4, -0.2) is 18.7 Å². The molecule has 11 heavy (non-hydrogen) atoms. The molecule has 0 N–H and O–H groups in total. The van der Waals surface area contributed by atoms with E-state index >= 15 is 0 Å². The van der Waals surface area contributed by atoms with Crippen molar-refractivity contribution >= 4 is 5.88 Å². The molecule has 0 bridgehead atoms. The summed E-state index contributed by atoms with van der Waals surface area (Å²) in [5, 5.41) is 3.93. The molecule has 0 aliphatic carbocycles. The summed E-state index contributed by atoms with van der Waals surface area (Å²) >= 11 is 0. The lowest BCUT2D eigenvalue weighted by atomic mass is 10.1. The largest absolute Gasteiger partial charge is 0.343 e. The Balaban J connectivity index is 2.46. The Morgan fingerprint density at radius 3 is 3.09 bits per heavy atom. The van der Waals surface area contributed by atoms with Gasteiger partial charge in [0.25, 0.3) is 0 Å². The van der Waals surface area contributed by atoms with Crippen molar-refractivity contribution in [3.63, 3.8) is 0 Å². The molecule has 0 fully saturated rings. The molecule has 0 saturated carbocycles. The summed E-state index contributed by atoms with van der Waals surface area (Å²) < 4.78 is 5.17. The molecular formula is C8H12N2O. The lowest BCUT2D eigenvalue weighted by Crippen LogP contribution is -2.23. The Morgan fingerprint density at radius 1 is 1.55 bits per heavy atom. The Bertz CT molecular complexity index is 267. The van der Waals surface area contributed by atoms with Crippen LogP contribution in [0.25, 0.3) is 0 Å². The molecule has 0 amide bonds. The Kier molecular flexibility index (Phi) is 1.37. The molecule has 3 nitrogen and oxygen atoms in total. The predicted molar refractivity (Wildman–Crippen MR) is 42.8 cm³/mol. The molecule has 0 saturated heterocycles. The van der Waals surface area contributed by atoms with Gasteiger partial charge in [0.2, 0.25) is 5.88 Å². The van der Waals surface area contributed by atoms with Gasteiger partial charge in [-0.15, -0.1) is 0 Å². The molecule has 3 heteroatoms. The van der Waals surface area contributed by atoms with Crippen molar-refractivity contribution in [1.29, 1.82) is 0 Å². The van der Waals surface area contributed by atoms with Gasteiger partial charge in [0, 0.05) is 19.2 Å². The maximum Gasteiger partial charge on any atom is 0.230 e. The number of aryl methyl sites for hydroxylation is 1. The maximum absolute atomic E-state index is 5.17. The summed E-state index contributed by atoms with van der Waals surface area (Å²) in [6.07, 6.45) is 2.33. The summed E-state index contributed by atoms with van der Waals surface area (Å²) in [5.74, 6) is 0.966. The number of fused-ring (bicyclic) bond motifs is 1. The van der Waals surface area contributed by atoms with Crippen LogP contribution < -0.4 is 4.90 Å². The van der Waals surface area contributed by atoms with Gasteiger partial charge < -0.3 is 9.42 Å². The first kappa shape index (κ1) is 6.70. The van der Waals surface area contributed by atoms with Gasteiger partial charge in [0.15, 0.2) is 0 Å². The molecule has 1 aromatic heterocycles. The van der Waals surface area contributed by atoms with Crippen molar-refractivity contribution in [2.24, 2.45) is 0 Å². The minimum atomic E-state index is 0.966. The maximum atomic E-state index is 5.17. The monoisotopic (exact) mass is 152 g/mol. The minimum absolute atomic E-state index is 0.966. The van der Waals surface area contributed by atoms with Crippen LogP contribution in [-0.2, 0) is 6.42 Å². The third-order valence-electron chi connectivity index (χ3n) is 2.23. The highest BCUT2D eigenvalue weighted by atomic mass is 16.5. The average molecular weight is 152 g/mol. The zero-order valence-corrected chi connectivity index (χ0v) is 6.92. The Morgan fingerprint density at radius 2 is 2.36 bits per heavy atom. The van der Waals surface area contributed by atoms with Crippen molar-refractivity contribution in [2.75, 3.05) is 18.5 Å². The molecule has 0 aromatic carbocycles. The second-order valence-electron chi connectivity index (χ2n) is 3.08. The van der Waals surface area contributed by atoms with Crippen molar-refractivity contribution in [3.8, 4) is 0 Å². The molecule has 1 aliphatic rings. The molecular weight excluding hydrogens is 140 g/mol. The van der Waals surface area contributed by atoms with E-state index in [0.717, 1.165) is 24.5 Å². The van der Waals surface area contributed by atoms with E-state index in [2.05, 4.69) is 10.1 Å². The van der Waals surface area contributed by atoms with E-state index in [9.17, 15) is 0 Å². The van der Waals surface area contributed by atoms with E-state index in [-0.39, 0.29) is 0 Å². The van der Waals surface area contributed by atoms with Crippen molar-refractivity contribution in [1.82, 2.24) is 5.16 Å². The molecule has 0 radical (unpaired) electrons. The fourth-order valence-corrected chi connectivity index (χ4v) is 1.56. The molecule has 0 unspecified atom stereocenters. The van der Waals surface area contributed by atoms with Crippen molar-refractivity contribution in [2.45, 2.75) is 19.8 Å². The highest BCUT2D eigenvalue weighted by molar-refractivity contribution is 5.47. The predicted octanol–water partition coefficient (Wildman–Crippen LogP) is 1.37. The highest BCUT2D eigenvalue weighted by Crippen LogP contribution is 2.27. The molecule has 60 valence electrons. The fraction of sp³-hybridized carbons (Fsp3) is 0.625. The summed E-state index contributed by atoms with van der Waals surface area (Å²) in [4.78, 5) is 2.12. The Labute approximate surface area is 66.0 Å². The van der Waals surface area contributed by atoms with E-state index in [1.54, 1.807) is 0 Å². The molecule has 2 heterocycles. The van der Waals surface area contributed by atoms with E-state index in [4.69, 9.17) is 4.52 Å². The van der Waals surface area contributed by atoms with Gasteiger partial charge in [-0.05, 0) is 19.8 Å². The average Bonchev–Trinajstić information content (AvgIpc) is 2.35. The van der Waals surface area contributed by atoms with Crippen LogP contribution in [0.3, 0.4) is 0 Å². The van der Waals surface area contributed by atoms with Crippen LogP contribution in [0.1, 0.15) is 17.7 Å². The first-order valence-electron chi connectivity index (χ1n) is 3.95. The van der Waals surface area contributed by atoms with Gasteiger partial charge in [0.05, 0.1) is 5.69 Å². The van der Waals surface area contributed by atoms with Crippen molar-refractivity contribution < 1.29 is 4.52 Å². The van der Waals surface area contributed by atoms with Gasteiger partial charge in [-0.1, -0.05) is 5.16 Å². The summed E-state index contributed by atoms with van der Waals surface area (Å²) in [5.41, 5.74) is 2.34. The van der Waals surface area contributed by atoms with Gasteiger partial charge in [-0.3, -0.25) is 0 Å². The van der Waals surface area contributed by atoms with Crippen molar-refractivity contribution in [3.05, 3.63) is 11.3 Å². The minimum Gasteiger partial charge on any atom is -0.343 e. The topological polar surface area (TPSA) is 29.3 Å². The van der Waals surface area contributed by atoms with Gasteiger partial charge in [-0.2, -0.15) is 0 Å². The number of rotatable bonds is 0. The van der Waals surface area contributed by atoms with E-state index in [1.165, 1.54) is 12.0 Å². The number of anilines is 1. The fourth-order valence-electron chi connectivity index (χ4n) is 1.56. The lowest BCUT2D eigenvalue weighted by Gasteiger charge is -2.21. The zero-order chi connectivity index (χ0) is 7.84. The third kappa shape index (κ3) is 0.914. The van der Waals surface area contributed by atoms with Gasteiger partial charge in [0.1, 0.15) is 0 Å². The molecule has 1 aliphatic heterocycles. The van der Waals surface area contributed by atoms with Crippen LogP contribution in [0, 0.1) is 6.92 Å². The Hall–Kier alpha value is -0.990. The van der Waals surface area contributed by atoms with Crippen LogP contribution >= 0.6 is 0 Å². The number of aromatic nitrogens is 1. The van der Waals surface area contributed by atoms with E-state index in [0.29, 0.717) is 0 Å². The van der Waals surface area contributed by atoms with Gasteiger partial charge in [-0.25, -0.2) is 0 Å². The molecule has 0 atom stereocenters. The number of hydrogen-bond acceptors (Lipinski definition) is 3. The summed E-state index contributed by atoms with van der Waals surface area (Å²) in [6, 6.07) is 0. The smallest absolute Gasteiger partial charge is 0.230 e. The quantitative estimate of drug-likeness (QED) is 0.562. The van der Waals surface area contributed by atoms with Crippen LogP contribution in [0.5, 0.6) is 0 Å². The summed E-state index contributed by atoms with van der Waals surface area (Å²) in [6.45, 7) is 3.09. The van der Waals surface area contributed by atoms with Crippen LogP contribution in [0.2, 0.25) is 0 Å². The standard InChI is InChI=1S/C8H12N2O/c1-6-7-4-3-5-10(2)8(7)11-9-6/h3-5H2,1-2H3. The highest BCUT2D eigenvalue weighted by Gasteiger charge is 2.20. The zero-order valence-electron chi connectivity index (χ0n) is 6.92. The van der Waals surface area contributed by atoms with E-state index < -0.39 is 0 Å². The second-order valence-corrected chi connectivity index (χ2v) is 3.08. The second kappa shape index (κ2) is 2.26. The summed E-state index contributed by atoms with van der Waals surface area (Å²) in [7, 11) is 2.04. The normalized spacial score (nSPS) is 16.7. The number of hydrogen-bond donors (Lipinski definition) is 0. The van der Waals surface area contributed by atoms with Gasteiger partial charge >= 0.3 is 0 Å². The lowest BCUT2D eigenvalue weighted by molar-refractivity contribution is 0.411. The molecule has 1 aromatic rings. The van der Waals surface area contributed by atoms with Crippen LogP contribution in [0.4, 0.5) is 5.88 Å². The first-order valence-corrected chi connectivity index (χ1v) is 3.95. The SMILES string of the molecule is Cc1noc2c1CCCN2C. The third-order valence-corrected chi connectivity index (χ3v) is 2.23. The first-order chi connectivity index (χ1) is 5.29. The molecule has 2 rings (SSSR count). The van der Waals surface area contributed by atoms with Crippen LogP contribution in [0.15, 0.2) is 4.52 Å². The van der Waals surface area contributed by atoms with E-state index in [1.807, 2.05) is 14.0 Å². The molecule has 0 spiro atoms. The number of nitrogens with zero attached hydrogens (tertiary/aromatic N) is 2.